The third-order valence-corrected chi connectivity index (χ3v) is 3.39. The zero-order valence-corrected chi connectivity index (χ0v) is 12.5. The van der Waals surface area contributed by atoms with Crippen molar-refractivity contribution in [2.24, 2.45) is 0 Å². The molecule has 0 amide bonds. The van der Waals surface area contributed by atoms with Crippen molar-refractivity contribution in [2.45, 2.75) is 13.2 Å². The average molecular weight is 347 g/mol. The largest absolute Gasteiger partial charge is 0.370 e. The van der Waals surface area contributed by atoms with Crippen molar-refractivity contribution in [3.63, 3.8) is 0 Å². The molecule has 0 unspecified atom stereocenters. The molecular formula is C13H10BrCl2NO. The summed E-state index contributed by atoms with van der Waals surface area (Å²) in [7, 11) is 0. The normalized spacial score (nSPS) is 10.6. The SMILES string of the molecule is Clc1ccc(Cl)c(COCc2ccc(Br)cc2)n1. The summed E-state index contributed by atoms with van der Waals surface area (Å²) < 4.78 is 6.61. The van der Waals surface area contributed by atoms with Crippen LogP contribution in [0.15, 0.2) is 40.9 Å². The molecule has 2 rings (SSSR count). The van der Waals surface area contributed by atoms with Crippen LogP contribution < -0.4 is 0 Å². The van der Waals surface area contributed by atoms with Gasteiger partial charge in [0.1, 0.15) is 5.15 Å². The Morgan fingerprint density at radius 1 is 1.00 bits per heavy atom. The van der Waals surface area contributed by atoms with Crippen LogP contribution in [0.25, 0.3) is 0 Å². The van der Waals surface area contributed by atoms with E-state index < -0.39 is 0 Å². The molecule has 0 atom stereocenters. The van der Waals surface area contributed by atoms with E-state index in [-0.39, 0.29) is 0 Å². The molecule has 0 aliphatic rings. The smallest absolute Gasteiger partial charge is 0.129 e. The molecule has 0 aliphatic heterocycles. The van der Waals surface area contributed by atoms with E-state index >= 15 is 0 Å². The molecule has 0 aliphatic carbocycles. The first kappa shape index (κ1) is 13.8. The Hall–Kier alpha value is -0.610. The van der Waals surface area contributed by atoms with Gasteiger partial charge in [0.2, 0.25) is 0 Å². The molecular weight excluding hydrogens is 337 g/mol. The highest BCUT2D eigenvalue weighted by molar-refractivity contribution is 9.10. The Kier molecular flexibility index (Phi) is 5.01. The summed E-state index contributed by atoms with van der Waals surface area (Å²) in [4.78, 5) is 4.12. The monoisotopic (exact) mass is 345 g/mol. The van der Waals surface area contributed by atoms with E-state index in [1.54, 1.807) is 12.1 Å². The Morgan fingerprint density at radius 3 is 2.44 bits per heavy atom. The predicted octanol–water partition coefficient (Wildman–Crippen LogP) is 4.87. The van der Waals surface area contributed by atoms with Crippen molar-refractivity contribution in [1.82, 2.24) is 4.98 Å². The zero-order valence-electron chi connectivity index (χ0n) is 9.37. The van der Waals surface area contributed by atoms with Gasteiger partial charge >= 0.3 is 0 Å². The van der Waals surface area contributed by atoms with Crippen LogP contribution in [0.5, 0.6) is 0 Å². The second-order valence-electron chi connectivity index (χ2n) is 3.68. The number of ether oxygens (including phenoxy) is 1. The lowest BCUT2D eigenvalue weighted by Crippen LogP contribution is -1.97. The number of benzene rings is 1. The highest BCUT2D eigenvalue weighted by Crippen LogP contribution is 2.18. The van der Waals surface area contributed by atoms with Gasteiger partial charge in [0.25, 0.3) is 0 Å². The van der Waals surface area contributed by atoms with Crippen LogP contribution in [0.2, 0.25) is 10.2 Å². The quantitative estimate of drug-likeness (QED) is 0.737. The van der Waals surface area contributed by atoms with Gasteiger partial charge in [-0.2, -0.15) is 0 Å². The average Bonchev–Trinajstić information content (AvgIpc) is 2.36. The Morgan fingerprint density at radius 2 is 1.72 bits per heavy atom. The van der Waals surface area contributed by atoms with E-state index in [9.17, 15) is 0 Å². The Labute approximate surface area is 124 Å². The molecule has 5 heteroatoms. The first-order valence-corrected chi connectivity index (χ1v) is 6.83. The second kappa shape index (κ2) is 6.53. The topological polar surface area (TPSA) is 22.1 Å². The van der Waals surface area contributed by atoms with E-state index in [0.717, 1.165) is 10.0 Å². The summed E-state index contributed by atoms with van der Waals surface area (Å²) in [5, 5.41) is 0.983. The molecule has 0 saturated carbocycles. The molecule has 0 spiro atoms. The fraction of sp³-hybridized carbons (Fsp3) is 0.154. The fourth-order valence-electron chi connectivity index (χ4n) is 1.41. The van der Waals surface area contributed by atoms with Crippen molar-refractivity contribution in [3.8, 4) is 0 Å². The van der Waals surface area contributed by atoms with Crippen molar-refractivity contribution in [2.75, 3.05) is 0 Å². The predicted molar refractivity (Wildman–Crippen MR) is 76.9 cm³/mol. The van der Waals surface area contributed by atoms with Crippen LogP contribution in [0, 0.1) is 0 Å². The van der Waals surface area contributed by atoms with Crippen molar-refractivity contribution >= 4 is 39.1 Å². The second-order valence-corrected chi connectivity index (χ2v) is 5.39. The third kappa shape index (κ3) is 3.95. The third-order valence-electron chi connectivity index (χ3n) is 2.31. The summed E-state index contributed by atoms with van der Waals surface area (Å²) in [5.41, 5.74) is 1.75. The van der Waals surface area contributed by atoms with Crippen molar-refractivity contribution < 1.29 is 4.74 Å². The van der Waals surface area contributed by atoms with E-state index in [0.29, 0.717) is 29.1 Å². The van der Waals surface area contributed by atoms with Crippen LogP contribution in [-0.4, -0.2) is 4.98 Å². The number of nitrogens with zero attached hydrogens (tertiary/aromatic N) is 1. The number of halogens is 3. The molecule has 0 N–H and O–H groups in total. The maximum Gasteiger partial charge on any atom is 0.129 e. The van der Waals surface area contributed by atoms with E-state index in [4.69, 9.17) is 27.9 Å². The molecule has 1 aromatic heterocycles. The van der Waals surface area contributed by atoms with Crippen molar-refractivity contribution in [3.05, 3.63) is 62.3 Å². The van der Waals surface area contributed by atoms with Gasteiger partial charge in [-0.1, -0.05) is 51.3 Å². The number of hydrogen-bond acceptors (Lipinski definition) is 2. The van der Waals surface area contributed by atoms with Gasteiger partial charge in [-0.05, 0) is 29.8 Å². The van der Waals surface area contributed by atoms with E-state index in [1.165, 1.54) is 0 Å². The maximum atomic E-state index is 5.99. The molecule has 94 valence electrons. The van der Waals surface area contributed by atoms with Gasteiger partial charge in [0.05, 0.1) is 23.9 Å². The number of rotatable bonds is 4. The van der Waals surface area contributed by atoms with Crippen LogP contribution >= 0.6 is 39.1 Å². The molecule has 2 aromatic rings. The molecule has 1 heterocycles. The summed E-state index contributed by atoms with van der Waals surface area (Å²) in [6, 6.07) is 11.3. The molecule has 1 aromatic carbocycles. The minimum absolute atomic E-state index is 0.343. The molecule has 2 nitrogen and oxygen atoms in total. The van der Waals surface area contributed by atoms with Crippen LogP contribution in [0.4, 0.5) is 0 Å². The van der Waals surface area contributed by atoms with E-state index in [2.05, 4.69) is 20.9 Å². The number of aromatic nitrogens is 1. The van der Waals surface area contributed by atoms with Gasteiger partial charge in [0.15, 0.2) is 0 Å². The maximum absolute atomic E-state index is 5.99. The summed E-state index contributed by atoms with van der Waals surface area (Å²) in [5.74, 6) is 0. The lowest BCUT2D eigenvalue weighted by molar-refractivity contribution is 0.104. The molecule has 0 fully saturated rings. The van der Waals surface area contributed by atoms with Crippen molar-refractivity contribution in [1.29, 1.82) is 0 Å². The number of pyridine rings is 1. The van der Waals surface area contributed by atoms with Crippen LogP contribution in [0.1, 0.15) is 11.3 Å². The first-order chi connectivity index (χ1) is 8.65. The Bertz CT molecular complexity index is 531. The van der Waals surface area contributed by atoms with E-state index in [1.807, 2.05) is 24.3 Å². The van der Waals surface area contributed by atoms with Gasteiger partial charge in [-0.25, -0.2) is 4.98 Å². The zero-order chi connectivity index (χ0) is 13.0. The molecule has 0 radical (unpaired) electrons. The van der Waals surface area contributed by atoms with Gasteiger partial charge in [0, 0.05) is 4.47 Å². The summed E-state index contributed by atoms with van der Waals surface area (Å²) in [6.07, 6.45) is 0. The Balaban J connectivity index is 1.92. The summed E-state index contributed by atoms with van der Waals surface area (Å²) in [6.45, 7) is 0.854. The standard InChI is InChI=1S/C13H10BrCl2NO/c14-10-3-1-9(2-4-10)7-18-8-12-11(15)5-6-13(16)17-12/h1-6H,7-8H2. The molecule has 0 saturated heterocycles. The van der Waals surface area contributed by atoms with Crippen LogP contribution in [0.3, 0.4) is 0 Å². The van der Waals surface area contributed by atoms with Gasteiger partial charge in [-0.15, -0.1) is 0 Å². The minimum atomic E-state index is 0.343. The van der Waals surface area contributed by atoms with Gasteiger partial charge in [-0.3, -0.25) is 0 Å². The molecule has 0 bridgehead atoms. The summed E-state index contributed by atoms with van der Waals surface area (Å²) >= 11 is 15.2. The fourth-order valence-corrected chi connectivity index (χ4v) is 1.99. The highest BCUT2D eigenvalue weighted by atomic mass is 79.9. The van der Waals surface area contributed by atoms with Gasteiger partial charge < -0.3 is 4.74 Å². The van der Waals surface area contributed by atoms with Crippen LogP contribution in [-0.2, 0) is 18.0 Å². The lowest BCUT2D eigenvalue weighted by Gasteiger charge is -2.06. The number of hydrogen-bond donors (Lipinski definition) is 0. The lowest BCUT2D eigenvalue weighted by atomic mass is 10.2. The highest BCUT2D eigenvalue weighted by Gasteiger charge is 2.03. The molecule has 18 heavy (non-hydrogen) atoms. The first-order valence-electron chi connectivity index (χ1n) is 5.28. The minimum Gasteiger partial charge on any atom is -0.370 e.